The number of hydrogen-bond acceptors (Lipinski definition) is 3. The highest BCUT2D eigenvalue weighted by Crippen LogP contribution is 2.05. The van der Waals surface area contributed by atoms with Crippen LogP contribution in [0.2, 0.25) is 0 Å². The van der Waals surface area contributed by atoms with Crippen molar-refractivity contribution in [3.63, 3.8) is 0 Å². The first-order valence-electron chi connectivity index (χ1n) is 4.86. The molecular formula is C11H15NO3. The number of carboxylic acids is 1. The van der Waals surface area contributed by atoms with Gasteiger partial charge in [0, 0.05) is 24.7 Å². The van der Waals surface area contributed by atoms with Crippen molar-refractivity contribution in [1.29, 1.82) is 0 Å². The van der Waals surface area contributed by atoms with E-state index in [1.54, 1.807) is 6.26 Å². The van der Waals surface area contributed by atoms with Crippen molar-refractivity contribution in [3.05, 3.63) is 36.4 Å². The lowest BCUT2D eigenvalue weighted by atomic mass is 10.1. The van der Waals surface area contributed by atoms with E-state index >= 15 is 0 Å². The van der Waals surface area contributed by atoms with Crippen LogP contribution in [0.1, 0.15) is 19.1 Å². The van der Waals surface area contributed by atoms with Crippen LogP contribution in [0.15, 0.2) is 35.1 Å². The fourth-order valence-electron chi connectivity index (χ4n) is 1.18. The van der Waals surface area contributed by atoms with Crippen molar-refractivity contribution in [2.24, 2.45) is 0 Å². The van der Waals surface area contributed by atoms with E-state index < -0.39 is 5.97 Å². The van der Waals surface area contributed by atoms with E-state index in [-0.39, 0.29) is 6.04 Å². The van der Waals surface area contributed by atoms with Gasteiger partial charge in [0.15, 0.2) is 0 Å². The van der Waals surface area contributed by atoms with Crippen LogP contribution in [0.3, 0.4) is 0 Å². The molecule has 0 aliphatic carbocycles. The molecule has 2 N–H and O–H groups in total. The molecule has 4 heteroatoms. The van der Waals surface area contributed by atoms with Gasteiger partial charge >= 0.3 is 5.97 Å². The first-order chi connectivity index (χ1) is 7.18. The average Bonchev–Trinajstić information content (AvgIpc) is 2.66. The first kappa shape index (κ1) is 11.4. The standard InChI is InChI=1S/C11H15NO3/c1-9(12-7-6-11(13)14)4-5-10-3-2-8-15-10/h2-3,6-9,12H,4-5H2,1H3,(H,13,14)/b7-6+. The van der Waals surface area contributed by atoms with E-state index in [2.05, 4.69) is 5.32 Å². The van der Waals surface area contributed by atoms with Crippen molar-refractivity contribution < 1.29 is 14.3 Å². The van der Waals surface area contributed by atoms with Crippen molar-refractivity contribution in [1.82, 2.24) is 5.32 Å². The van der Waals surface area contributed by atoms with E-state index in [0.29, 0.717) is 0 Å². The Morgan fingerprint density at radius 3 is 3.13 bits per heavy atom. The zero-order chi connectivity index (χ0) is 11.1. The summed E-state index contributed by atoms with van der Waals surface area (Å²) in [6, 6.07) is 4.02. The van der Waals surface area contributed by atoms with Gasteiger partial charge in [-0.2, -0.15) is 0 Å². The van der Waals surface area contributed by atoms with Crippen LogP contribution in [-0.4, -0.2) is 17.1 Å². The second kappa shape index (κ2) is 5.90. The van der Waals surface area contributed by atoms with E-state index in [4.69, 9.17) is 9.52 Å². The third kappa shape index (κ3) is 4.90. The average molecular weight is 209 g/mol. The molecule has 0 fully saturated rings. The summed E-state index contributed by atoms with van der Waals surface area (Å²) in [4.78, 5) is 10.2. The van der Waals surface area contributed by atoms with Crippen LogP contribution < -0.4 is 5.32 Å². The van der Waals surface area contributed by atoms with Gasteiger partial charge in [0.1, 0.15) is 5.76 Å². The zero-order valence-electron chi connectivity index (χ0n) is 8.64. The molecule has 1 atom stereocenters. The normalized spacial score (nSPS) is 12.9. The molecule has 0 bridgehead atoms. The number of carboxylic acid groups (broad SMARTS) is 1. The lowest BCUT2D eigenvalue weighted by Gasteiger charge is -2.09. The largest absolute Gasteiger partial charge is 0.478 e. The second-order valence-corrected chi connectivity index (χ2v) is 3.36. The molecule has 82 valence electrons. The van der Waals surface area contributed by atoms with Gasteiger partial charge in [0.2, 0.25) is 0 Å². The smallest absolute Gasteiger partial charge is 0.329 e. The Labute approximate surface area is 88.6 Å². The van der Waals surface area contributed by atoms with Crippen LogP contribution >= 0.6 is 0 Å². The number of furan rings is 1. The maximum atomic E-state index is 10.2. The highest BCUT2D eigenvalue weighted by Gasteiger charge is 2.01. The number of aliphatic carboxylic acids is 1. The summed E-state index contributed by atoms with van der Waals surface area (Å²) in [7, 11) is 0. The SMILES string of the molecule is CC(CCc1ccco1)N/C=C/C(=O)O. The lowest BCUT2D eigenvalue weighted by Crippen LogP contribution is -2.21. The maximum Gasteiger partial charge on any atom is 0.329 e. The minimum absolute atomic E-state index is 0.227. The number of hydrogen-bond donors (Lipinski definition) is 2. The molecular weight excluding hydrogens is 194 g/mol. The third-order valence-corrected chi connectivity index (χ3v) is 2.01. The van der Waals surface area contributed by atoms with Gasteiger partial charge < -0.3 is 14.8 Å². The monoisotopic (exact) mass is 209 g/mol. The lowest BCUT2D eigenvalue weighted by molar-refractivity contribution is -0.131. The fourth-order valence-corrected chi connectivity index (χ4v) is 1.18. The highest BCUT2D eigenvalue weighted by atomic mass is 16.4. The van der Waals surface area contributed by atoms with Gasteiger partial charge in [-0.15, -0.1) is 0 Å². The van der Waals surface area contributed by atoms with Crippen molar-refractivity contribution >= 4 is 5.97 Å². The molecule has 0 amide bonds. The number of nitrogens with one attached hydrogen (secondary N) is 1. The summed E-state index contributed by atoms with van der Waals surface area (Å²) in [5, 5.41) is 11.3. The quantitative estimate of drug-likeness (QED) is 0.701. The van der Waals surface area contributed by atoms with Crippen molar-refractivity contribution in [2.75, 3.05) is 0 Å². The van der Waals surface area contributed by atoms with Crippen molar-refractivity contribution in [3.8, 4) is 0 Å². The van der Waals surface area contributed by atoms with Gasteiger partial charge in [0.25, 0.3) is 0 Å². The Balaban J connectivity index is 2.19. The minimum Gasteiger partial charge on any atom is -0.478 e. The first-order valence-corrected chi connectivity index (χ1v) is 4.86. The Morgan fingerprint density at radius 2 is 2.53 bits per heavy atom. The van der Waals surface area contributed by atoms with Crippen LogP contribution in [-0.2, 0) is 11.2 Å². The molecule has 0 radical (unpaired) electrons. The van der Waals surface area contributed by atoms with Gasteiger partial charge in [-0.3, -0.25) is 0 Å². The topological polar surface area (TPSA) is 62.5 Å². The molecule has 1 aromatic heterocycles. The molecule has 0 aliphatic heterocycles. The molecule has 0 saturated carbocycles. The number of carbonyl (C=O) groups is 1. The summed E-state index contributed by atoms with van der Waals surface area (Å²) >= 11 is 0. The van der Waals surface area contributed by atoms with E-state index in [1.807, 2.05) is 19.1 Å². The van der Waals surface area contributed by atoms with Crippen molar-refractivity contribution in [2.45, 2.75) is 25.8 Å². The molecule has 1 rings (SSSR count). The molecule has 0 aromatic carbocycles. The molecule has 0 aliphatic rings. The predicted molar refractivity (Wildman–Crippen MR) is 56.4 cm³/mol. The van der Waals surface area contributed by atoms with Crippen LogP contribution in [0.25, 0.3) is 0 Å². The number of rotatable bonds is 6. The molecule has 4 nitrogen and oxygen atoms in total. The summed E-state index contributed by atoms with van der Waals surface area (Å²) in [6.45, 7) is 2.00. The molecule has 1 unspecified atom stereocenters. The minimum atomic E-state index is -0.944. The highest BCUT2D eigenvalue weighted by molar-refractivity contribution is 5.79. The third-order valence-electron chi connectivity index (χ3n) is 2.01. The predicted octanol–water partition coefficient (Wildman–Crippen LogP) is 1.79. The zero-order valence-corrected chi connectivity index (χ0v) is 8.64. The van der Waals surface area contributed by atoms with Gasteiger partial charge in [-0.05, 0) is 25.5 Å². The maximum absolute atomic E-state index is 10.2. The fraction of sp³-hybridized carbons (Fsp3) is 0.364. The van der Waals surface area contributed by atoms with Gasteiger partial charge in [0.05, 0.1) is 6.26 Å². The Hall–Kier alpha value is -1.71. The van der Waals surface area contributed by atoms with Crippen LogP contribution in [0.4, 0.5) is 0 Å². The summed E-state index contributed by atoms with van der Waals surface area (Å²) in [5.74, 6) is 0.00611. The molecule has 0 saturated heterocycles. The van der Waals surface area contributed by atoms with Gasteiger partial charge in [-0.1, -0.05) is 0 Å². The Morgan fingerprint density at radius 1 is 1.73 bits per heavy atom. The molecule has 1 heterocycles. The van der Waals surface area contributed by atoms with Crippen LogP contribution in [0, 0.1) is 0 Å². The molecule has 15 heavy (non-hydrogen) atoms. The summed E-state index contributed by atoms with van der Waals surface area (Å²) in [5.41, 5.74) is 0. The molecule has 1 aromatic rings. The van der Waals surface area contributed by atoms with Crippen LogP contribution in [0.5, 0.6) is 0 Å². The Kier molecular flexibility index (Phi) is 4.47. The second-order valence-electron chi connectivity index (χ2n) is 3.36. The number of aryl methyl sites for hydroxylation is 1. The van der Waals surface area contributed by atoms with E-state index in [1.165, 1.54) is 6.20 Å². The summed E-state index contributed by atoms with van der Waals surface area (Å²) in [6.07, 6.45) is 5.94. The van der Waals surface area contributed by atoms with Gasteiger partial charge in [-0.25, -0.2) is 4.79 Å². The molecule has 0 spiro atoms. The summed E-state index contributed by atoms with van der Waals surface area (Å²) < 4.78 is 5.19. The Bertz CT molecular complexity index is 317. The van der Waals surface area contributed by atoms with E-state index in [9.17, 15) is 4.79 Å². The van der Waals surface area contributed by atoms with E-state index in [0.717, 1.165) is 24.7 Å².